The molecule has 144 valence electrons. The summed E-state index contributed by atoms with van der Waals surface area (Å²) in [7, 11) is -3.89. The third-order valence-electron chi connectivity index (χ3n) is 4.28. The van der Waals surface area contributed by atoms with Crippen LogP contribution in [-0.2, 0) is 10.1 Å². The number of amides is 1. The van der Waals surface area contributed by atoms with Gasteiger partial charge in [-0.2, -0.15) is 8.42 Å². The number of benzene rings is 3. The number of hydrogen-bond acceptors (Lipinski definition) is 4. The molecular weight excluding hydrogens is 374 g/mol. The molecule has 1 unspecified atom stereocenters. The molecule has 3 rings (SSSR count). The maximum atomic E-state index is 12.4. The van der Waals surface area contributed by atoms with Gasteiger partial charge in [-0.15, -0.1) is 0 Å². The molecular formula is C22H21NO4S. The number of carbonyl (C=O) groups is 1. The standard InChI is InChI=1S/C22H21NO4S/c1-16-8-14-21(15-9-16)28(25,26)27-20-12-10-18(11-13-20)17(2)23-22(24)19-6-4-3-5-7-19/h3-15,17H,1-2H3,(H,23,24). The second-order valence-corrected chi connectivity index (χ2v) is 8.03. The summed E-state index contributed by atoms with van der Waals surface area (Å²) in [6, 6.07) is 21.8. The number of rotatable bonds is 6. The molecule has 0 fully saturated rings. The van der Waals surface area contributed by atoms with Crippen molar-refractivity contribution in [2.75, 3.05) is 0 Å². The molecule has 0 bridgehead atoms. The topological polar surface area (TPSA) is 72.5 Å². The minimum atomic E-state index is -3.89. The van der Waals surface area contributed by atoms with Gasteiger partial charge in [0.15, 0.2) is 0 Å². The van der Waals surface area contributed by atoms with Crippen molar-refractivity contribution < 1.29 is 17.4 Å². The SMILES string of the molecule is Cc1ccc(S(=O)(=O)Oc2ccc(C(C)NC(=O)c3ccccc3)cc2)cc1. The first-order valence-electron chi connectivity index (χ1n) is 8.82. The van der Waals surface area contributed by atoms with Gasteiger partial charge in [-0.05, 0) is 55.8 Å². The predicted octanol–water partition coefficient (Wildman–Crippen LogP) is 4.25. The summed E-state index contributed by atoms with van der Waals surface area (Å²) >= 11 is 0. The van der Waals surface area contributed by atoms with Crippen LogP contribution in [0.1, 0.15) is 34.5 Å². The summed E-state index contributed by atoms with van der Waals surface area (Å²) in [5.74, 6) is 0.0429. The summed E-state index contributed by atoms with van der Waals surface area (Å²) in [4.78, 5) is 12.4. The Bertz CT molecular complexity index is 1040. The maximum Gasteiger partial charge on any atom is 0.339 e. The smallest absolute Gasteiger partial charge is 0.339 e. The van der Waals surface area contributed by atoms with Gasteiger partial charge < -0.3 is 9.50 Å². The van der Waals surface area contributed by atoms with Crippen LogP contribution in [-0.4, -0.2) is 14.3 Å². The van der Waals surface area contributed by atoms with Crippen LogP contribution in [0, 0.1) is 6.92 Å². The lowest BCUT2D eigenvalue weighted by Crippen LogP contribution is -2.26. The van der Waals surface area contributed by atoms with E-state index in [4.69, 9.17) is 4.18 Å². The Kier molecular flexibility index (Phi) is 5.80. The quantitative estimate of drug-likeness (QED) is 0.633. The molecule has 1 amide bonds. The second-order valence-electron chi connectivity index (χ2n) is 6.48. The highest BCUT2D eigenvalue weighted by atomic mass is 32.2. The van der Waals surface area contributed by atoms with E-state index in [1.54, 1.807) is 60.7 Å². The van der Waals surface area contributed by atoms with E-state index >= 15 is 0 Å². The van der Waals surface area contributed by atoms with Crippen LogP contribution < -0.4 is 9.50 Å². The van der Waals surface area contributed by atoms with Crippen molar-refractivity contribution in [3.63, 3.8) is 0 Å². The minimum Gasteiger partial charge on any atom is -0.379 e. The molecule has 0 saturated heterocycles. The Morgan fingerprint density at radius 2 is 1.50 bits per heavy atom. The van der Waals surface area contributed by atoms with Crippen LogP contribution in [0.2, 0.25) is 0 Å². The van der Waals surface area contributed by atoms with Gasteiger partial charge in [-0.1, -0.05) is 48.0 Å². The lowest BCUT2D eigenvalue weighted by atomic mass is 10.1. The van der Waals surface area contributed by atoms with Gasteiger partial charge >= 0.3 is 10.1 Å². The summed E-state index contributed by atoms with van der Waals surface area (Å²) in [5.41, 5.74) is 2.39. The Morgan fingerprint density at radius 1 is 0.893 bits per heavy atom. The molecule has 0 aliphatic carbocycles. The molecule has 1 N–H and O–H groups in total. The van der Waals surface area contributed by atoms with Gasteiger partial charge in [0, 0.05) is 5.56 Å². The molecule has 1 atom stereocenters. The van der Waals surface area contributed by atoms with E-state index in [2.05, 4.69) is 5.32 Å². The van der Waals surface area contributed by atoms with E-state index in [9.17, 15) is 13.2 Å². The molecule has 0 aliphatic rings. The summed E-state index contributed by atoms with van der Waals surface area (Å²) in [6.45, 7) is 3.74. The fraction of sp³-hybridized carbons (Fsp3) is 0.136. The monoisotopic (exact) mass is 395 g/mol. The molecule has 0 saturated carbocycles. The molecule has 0 spiro atoms. The fourth-order valence-corrected chi connectivity index (χ4v) is 3.57. The Hall–Kier alpha value is -3.12. The molecule has 3 aromatic rings. The van der Waals surface area contributed by atoms with Crippen molar-refractivity contribution in [1.29, 1.82) is 0 Å². The molecule has 3 aromatic carbocycles. The zero-order valence-corrected chi connectivity index (χ0v) is 16.4. The second kappa shape index (κ2) is 8.27. The largest absolute Gasteiger partial charge is 0.379 e. The number of hydrogen-bond donors (Lipinski definition) is 1. The highest BCUT2D eigenvalue weighted by Crippen LogP contribution is 2.22. The Balaban J connectivity index is 1.67. The van der Waals surface area contributed by atoms with Gasteiger partial charge in [0.1, 0.15) is 10.6 Å². The van der Waals surface area contributed by atoms with E-state index in [0.29, 0.717) is 5.56 Å². The van der Waals surface area contributed by atoms with E-state index in [-0.39, 0.29) is 22.6 Å². The molecule has 0 heterocycles. The van der Waals surface area contributed by atoms with Gasteiger partial charge in [0.25, 0.3) is 5.91 Å². The summed E-state index contributed by atoms with van der Waals surface area (Å²) in [6.07, 6.45) is 0. The lowest BCUT2D eigenvalue weighted by molar-refractivity contribution is 0.0940. The van der Waals surface area contributed by atoms with Crippen LogP contribution in [0.15, 0.2) is 83.8 Å². The number of nitrogens with one attached hydrogen (secondary N) is 1. The lowest BCUT2D eigenvalue weighted by Gasteiger charge is -2.15. The highest BCUT2D eigenvalue weighted by Gasteiger charge is 2.17. The van der Waals surface area contributed by atoms with Crippen molar-refractivity contribution in [2.24, 2.45) is 0 Å². The first-order valence-corrected chi connectivity index (χ1v) is 10.2. The third kappa shape index (κ3) is 4.78. The van der Waals surface area contributed by atoms with Crippen molar-refractivity contribution >= 4 is 16.0 Å². The molecule has 28 heavy (non-hydrogen) atoms. The van der Waals surface area contributed by atoms with Crippen LogP contribution in [0.3, 0.4) is 0 Å². The predicted molar refractivity (Wildman–Crippen MR) is 108 cm³/mol. The minimum absolute atomic E-state index is 0.102. The van der Waals surface area contributed by atoms with E-state index < -0.39 is 10.1 Å². The van der Waals surface area contributed by atoms with Crippen LogP contribution >= 0.6 is 0 Å². The fourth-order valence-electron chi connectivity index (χ4n) is 2.64. The first kappa shape index (κ1) is 19.6. The third-order valence-corrected chi connectivity index (χ3v) is 5.54. The average molecular weight is 395 g/mol. The first-order chi connectivity index (χ1) is 13.3. The average Bonchev–Trinajstić information content (AvgIpc) is 2.69. The van der Waals surface area contributed by atoms with E-state index in [1.165, 1.54) is 12.1 Å². The normalized spacial score (nSPS) is 12.2. The zero-order valence-electron chi connectivity index (χ0n) is 15.6. The van der Waals surface area contributed by atoms with Crippen molar-refractivity contribution in [1.82, 2.24) is 5.32 Å². The number of carbonyl (C=O) groups excluding carboxylic acids is 1. The van der Waals surface area contributed by atoms with Gasteiger partial charge in [-0.25, -0.2) is 0 Å². The maximum absolute atomic E-state index is 12.4. The molecule has 0 aromatic heterocycles. The Labute approximate surface area is 165 Å². The van der Waals surface area contributed by atoms with E-state index in [0.717, 1.165) is 11.1 Å². The van der Waals surface area contributed by atoms with Crippen molar-refractivity contribution in [3.8, 4) is 5.75 Å². The van der Waals surface area contributed by atoms with Crippen LogP contribution in [0.5, 0.6) is 5.75 Å². The zero-order chi connectivity index (χ0) is 20.1. The highest BCUT2D eigenvalue weighted by molar-refractivity contribution is 7.87. The summed E-state index contributed by atoms with van der Waals surface area (Å²) in [5, 5.41) is 2.91. The van der Waals surface area contributed by atoms with Crippen LogP contribution in [0.4, 0.5) is 0 Å². The van der Waals surface area contributed by atoms with E-state index in [1.807, 2.05) is 19.9 Å². The molecule has 5 nitrogen and oxygen atoms in total. The van der Waals surface area contributed by atoms with Gasteiger partial charge in [0.2, 0.25) is 0 Å². The number of aryl methyl sites for hydroxylation is 1. The Morgan fingerprint density at radius 3 is 2.11 bits per heavy atom. The van der Waals surface area contributed by atoms with Crippen molar-refractivity contribution in [2.45, 2.75) is 24.8 Å². The summed E-state index contributed by atoms with van der Waals surface area (Å²) < 4.78 is 29.9. The molecule has 0 aliphatic heterocycles. The molecule has 0 radical (unpaired) electrons. The van der Waals surface area contributed by atoms with Gasteiger partial charge in [0.05, 0.1) is 6.04 Å². The van der Waals surface area contributed by atoms with Crippen molar-refractivity contribution in [3.05, 3.63) is 95.6 Å². The van der Waals surface area contributed by atoms with Crippen LogP contribution in [0.25, 0.3) is 0 Å². The van der Waals surface area contributed by atoms with Gasteiger partial charge in [-0.3, -0.25) is 4.79 Å². The molecule has 6 heteroatoms.